The van der Waals surface area contributed by atoms with E-state index in [0.717, 1.165) is 0 Å². The molecule has 0 spiro atoms. The number of aryl methyl sites for hydroxylation is 1. The van der Waals surface area contributed by atoms with Crippen LogP contribution in [-0.4, -0.2) is 26.6 Å². The van der Waals surface area contributed by atoms with Crippen LogP contribution >= 0.6 is 0 Å². The number of anilines is 1. The van der Waals surface area contributed by atoms with E-state index < -0.39 is 0 Å². The normalized spacial score (nSPS) is 10.3. The monoisotopic (exact) mass is 273 g/mol. The van der Waals surface area contributed by atoms with Crippen molar-refractivity contribution >= 4 is 17.5 Å². The molecule has 2 aromatic heterocycles. The van der Waals surface area contributed by atoms with Crippen molar-refractivity contribution in [2.45, 2.75) is 20.4 Å². The first-order valence-electron chi connectivity index (χ1n) is 6.03. The van der Waals surface area contributed by atoms with Gasteiger partial charge < -0.3 is 11.1 Å². The van der Waals surface area contributed by atoms with E-state index in [1.54, 1.807) is 19.1 Å². The van der Waals surface area contributed by atoms with Gasteiger partial charge in [-0.05, 0) is 19.1 Å². The number of pyridine rings is 1. The molecule has 2 rings (SSSR count). The van der Waals surface area contributed by atoms with Gasteiger partial charge in [-0.15, -0.1) is 0 Å². The SMILES string of the molecule is CC(=O)NCc1cc(C(=O)n2cc(N)c(C)n2)ccn1. The summed E-state index contributed by atoms with van der Waals surface area (Å²) in [5, 5.41) is 6.67. The molecular formula is C13H15N5O2. The quantitative estimate of drug-likeness (QED) is 0.847. The van der Waals surface area contributed by atoms with Crippen LogP contribution in [0.2, 0.25) is 0 Å². The largest absolute Gasteiger partial charge is 0.396 e. The zero-order valence-corrected chi connectivity index (χ0v) is 11.3. The summed E-state index contributed by atoms with van der Waals surface area (Å²) >= 11 is 0. The highest BCUT2D eigenvalue weighted by Crippen LogP contribution is 2.10. The summed E-state index contributed by atoms with van der Waals surface area (Å²) in [7, 11) is 0. The molecule has 20 heavy (non-hydrogen) atoms. The van der Waals surface area contributed by atoms with Crippen LogP contribution < -0.4 is 11.1 Å². The maximum Gasteiger partial charge on any atom is 0.278 e. The highest BCUT2D eigenvalue weighted by Gasteiger charge is 2.12. The Kier molecular flexibility index (Phi) is 3.79. The zero-order chi connectivity index (χ0) is 14.7. The van der Waals surface area contributed by atoms with Crippen molar-refractivity contribution in [2.75, 3.05) is 5.73 Å². The van der Waals surface area contributed by atoms with Gasteiger partial charge in [0.1, 0.15) is 0 Å². The molecule has 2 heterocycles. The molecule has 7 heteroatoms. The molecule has 2 aromatic rings. The Labute approximate surface area is 115 Å². The van der Waals surface area contributed by atoms with Gasteiger partial charge in [0.15, 0.2) is 0 Å². The van der Waals surface area contributed by atoms with Crippen molar-refractivity contribution in [3.8, 4) is 0 Å². The fourth-order valence-electron chi connectivity index (χ4n) is 1.63. The van der Waals surface area contributed by atoms with Crippen LogP contribution in [0.3, 0.4) is 0 Å². The van der Waals surface area contributed by atoms with Gasteiger partial charge in [-0.2, -0.15) is 5.10 Å². The molecule has 3 N–H and O–H groups in total. The summed E-state index contributed by atoms with van der Waals surface area (Å²) in [4.78, 5) is 27.2. The van der Waals surface area contributed by atoms with E-state index in [1.807, 2.05) is 0 Å². The van der Waals surface area contributed by atoms with Crippen LogP contribution in [0.5, 0.6) is 0 Å². The van der Waals surface area contributed by atoms with Crippen molar-refractivity contribution in [2.24, 2.45) is 0 Å². The number of hydrogen-bond donors (Lipinski definition) is 2. The average Bonchev–Trinajstić information content (AvgIpc) is 2.76. The van der Waals surface area contributed by atoms with Crippen LogP contribution in [0.25, 0.3) is 0 Å². The zero-order valence-electron chi connectivity index (χ0n) is 11.3. The lowest BCUT2D eigenvalue weighted by Crippen LogP contribution is -2.20. The van der Waals surface area contributed by atoms with Gasteiger partial charge in [0, 0.05) is 18.7 Å². The van der Waals surface area contributed by atoms with Crippen molar-refractivity contribution in [3.63, 3.8) is 0 Å². The summed E-state index contributed by atoms with van der Waals surface area (Å²) in [6.45, 7) is 3.43. The minimum Gasteiger partial charge on any atom is -0.396 e. The van der Waals surface area contributed by atoms with Gasteiger partial charge in [0.25, 0.3) is 5.91 Å². The Hall–Kier alpha value is -2.70. The van der Waals surface area contributed by atoms with Crippen molar-refractivity contribution in [3.05, 3.63) is 41.5 Å². The summed E-state index contributed by atoms with van der Waals surface area (Å²) in [6, 6.07) is 3.21. The van der Waals surface area contributed by atoms with E-state index in [0.29, 0.717) is 22.6 Å². The van der Waals surface area contributed by atoms with E-state index in [2.05, 4.69) is 15.4 Å². The van der Waals surface area contributed by atoms with Gasteiger partial charge >= 0.3 is 0 Å². The molecule has 0 atom stereocenters. The second-order valence-electron chi connectivity index (χ2n) is 4.37. The van der Waals surface area contributed by atoms with E-state index in [9.17, 15) is 9.59 Å². The number of nitrogen functional groups attached to an aromatic ring is 1. The van der Waals surface area contributed by atoms with E-state index in [-0.39, 0.29) is 18.4 Å². The molecule has 0 aliphatic heterocycles. The fourth-order valence-corrected chi connectivity index (χ4v) is 1.63. The second kappa shape index (κ2) is 5.52. The van der Waals surface area contributed by atoms with Gasteiger partial charge in [0.05, 0.1) is 29.8 Å². The number of hydrogen-bond acceptors (Lipinski definition) is 5. The van der Waals surface area contributed by atoms with Gasteiger partial charge in [-0.25, -0.2) is 4.68 Å². The molecule has 0 aromatic carbocycles. The van der Waals surface area contributed by atoms with Crippen molar-refractivity contribution in [1.29, 1.82) is 0 Å². The Morgan fingerprint density at radius 1 is 1.45 bits per heavy atom. The topological polar surface area (TPSA) is 103 Å². The van der Waals surface area contributed by atoms with Crippen LogP contribution in [-0.2, 0) is 11.3 Å². The average molecular weight is 273 g/mol. The molecule has 0 saturated heterocycles. The van der Waals surface area contributed by atoms with E-state index in [1.165, 1.54) is 24.0 Å². The molecular weight excluding hydrogens is 258 g/mol. The molecule has 7 nitrogen and oxygen atoms in total. The number of amides is 1. The highest BCUT2D eigenvalue weighted by atomic mass is 16.2. The summed E-state index contributed by atoms with van der Waals surface area (Å²) in [5.74, 6) is -0.449. The first-order valence-corrected chi connectivity index (χ1v) is 6.03. The number of nitrogens with two attached hydrogens (primary N) is 1. The van der Waals surface area contributed by atoms with Gasteiger partial charge in [-0.3, -0.25) is 14.6 Å². The van der Waals surface area contributed by atoms with Gasteiger partial charge in [-0.1, -0.05) is 0 Å². The van der Waals surface area contributed by atoms with E-state index in [4.69, 9.17) is 5.73 Å². The maximum absolute atomic E-state index is 12.2. The Morgan fingerprint density at radius 2 is 2.20 bits per heavy atom. The molecule has 0 saturated carbocycles. The minimum absolute atomic E-state index is 0.154. The number of nitrogens with zero attached hydrogens (tertiary/aromatic N) is 3. The fraction of sp³-hybridized carbons (Fsp3) is 0.231. The number of nitrogens with one attached hydrogen (secondary N) is 1. The Morgan fingerprint density at radius 3 is 2.80 bits per heavy atom. The Balaban J connectivity index is 2.21. The van der Waals surface area contributed by atoms with Crippen LogP contribution in [0.1, 0.15) is 28.7 Å². The smallest absolute Gasteiger partial charge is 0.278 e. The molecule has 104 valence electrons. The lowest BCUT2D eigenvalue weighted by Gasteiger charge is -2.04. The third-order valence-corrected chi connectivity index (χ3v) is 2.73. The molecule has 0 unspecified atom stereocenters. The number of aromatic nitrogens is 3. The van der Waals surface area contributed by atoms with Crippen molar-refractivity contribution < 1.29 is 9.59 Å². The summed E-state index contributed by atoms with van der Waals surface area (Å²) in [5.41, 5.74) is 7.77. The third kappa shape index (κ3) is 3.00. The lowest BCUT2D eigenvalue weighted by atomic mass is 10.2. The lowest BCUT2D eigenvalue weighted by molar-refractivity contribution is -0.119. The molecule has 0 radical (unpaired) electrons. The predicted octanol–water partition coefficient (Wildman–Crippen LogP) is 0.493. The molecule has 0 aliphatic rings. The molecule has 0 bridgehead atoms. The molecule has 0 fully saturated rings. The first kappa shape index (κ1) is 13.7. The van der Waals surface area contributed by atoms with Gasteiger partial charge in [0.2, 0.25) is 5.91 Å². The molecule has 0 aliphatic carbocycles. The number of carbonyl (C=O) groups is 2. The van der Waals surface area contributed by atoms with Crippen LogP contribution in [0.4, 0.5) is 5.69 Å². The van der Waals surface area contributed by atoms with Crippen LogP contribution in [0.15, 0.2) is 24.5 Å². The standard InChI is InChI=1S/C13H15N5O2/c1-8-12(14)7-18(17-8)13(20)10-3-4-15-11(5-10)6-16-9(2)19/h3-5,7H,6,14H2,1-2H3,(H,16,19). The van der Waals surface area contributed by atoms with E-state index >= 15 is 0 Å². The minimum atomic E-state index is -0.295. The number of rotatable bonds is 3. The second-order valence-corrected chi connectivity index (χ2v) is 4.37. The summed E-state index contributed by atoms with van der Waals surface area (Å²) in [6.07, 6.45) is 3.00. The molecule has 1 amide bonds. The predicted molar refractivity (Wildman–Crippen MR) is 72.9 cm³/mol. The third-order valence-electron chi connectivity index (χ3n) is 2.73. The first-order chi connectivity index (χ1) is 9.47. The highest BCUT2D eigenvalue weighted by molar-refractivity contribution is 5.95. The van der Waals surface area contributed by atoms with Crippen molar-refractivity contribution in [1.82, 2.24) is 20.1 Å². The number of carbonyl (C=O) groups excluding carboxylic acids is 2. The Bertz CT molecular complexity index is 643. The van der Waals surface area contributed by atoms with Crippen LogP contribution in [0, 0.1) is 6.92 Å². The summed E-state index contributed by atoms with van der Waals surface area (Å²) < 4.78 is 1.20. The maximum atomic E-state index is 12.2.